The summed E-state index contributed by atoms with van der Waals surface area (Å²) >= 11 is 12.5. The van der Waals surface area contributed by atoms with Crippen LogP contribution < -0.4 is 5.73 Å². The number of nitrogens with two attached hydrogens (primary N) is 1. The van der Waals surface area contributed by atoms with E-state index in [4.69, 9.17) is 28.9 Å². The maximum absolute atomic E-state index is 6.36. The summed E-state index contributed by atoms with van der Waals surface area (Å²) < 4.78 is 0. The lowest BCUT2D eigenvalue weighted by Crippen LogP contribution is -2.31. The molecule has 112 valence electrons. The normalized spacial score (nSPS) is 18.0. The minimum Gasteiger partial charge on any atom is -0.399 e. The zero-order valence-electron chi connectivity index (χ0n) is 11.6. The molecule has 2 nitrogen and oxygen atoms in total. The van der Waals surface area contributed by atoms with Crippen LogP contribution in [0.25, 0.3) is 0 Å². The van der Waals surface area contributed by atoms with E-state index in [-0.39, 0.29) is 18.3 Å². The van der Waals surface area contributed by atoms with E-state index in [1.165, 1.54) is 16.7 Å². The van der Waals surface area contributed by atoms with Gasteiger partial charge in [0.05, 0.1) is 0 Å². The van der Waals surface area contributed by atoms with E-state index < -0.39 is 0 Å². The molecule has 5 heteroatoms. The van der Waals surface area contributed by atoms with Crippen molar-refractivity contribution in [3.63, 3.8) is 0 Å². The lowest BCUT2D eigenvalue weighted by molar-refractivity contribution is 0.295. The zero-order chi connectivity index (χ0) is 14.3. The molecule has 0 saturated carbocycles. The Balaban J connectivity index is 0.00000161. The maximum Gasteiger partial charge on any atom is 0.0468 e. The topological polar surface area (TPSA) is 29.3 Å². The van der Waals surface area contributed by atoms with Gasteiger partial charge in [-0.3, -0.25) is 0 Å². The van der Waals surface area contributed by atoms with Gasteiger partial charge in [-0.1, -0.05) is 35.3 Å². The molecule has 0 bridgehead atoms. The lowest BCUT2D eigenvalue weighted by atomic mass is 9.85. The number of nitrogen functional groups attached to an aromatic ring is 1. The summed E-state index contributed by atoms with van der Waals surface area (Å²) in [4.78, 5) is 2.28. The average Bonchev–Trinajstić information content (AvgIpc) is 2.40. The maximum atomic E-state index is 6.36. The van der Waals surface area contributed by atoms with Crippen molar-refractivity contribution in [3.8, 4) is 0 Å². The van der Waals surface area contributed by atoms with Gasteiger partial charge < -0.3 is 10.6 Å². The van der Waals surface area contributed by atoms with Crippen molar-refractivity contribution in [1.29, 1.82) is 0 Å². The van der Waals surface area contributed by atoms with Gasteiger partial charge in [0, 0.05) is 34.7 Å². The summed E-state index contributed by atoms with van der Waals surface area (Å²) in [6.07, 6.45) is 0. The largest absolute Gasteiger partial charge is 0.399 e. The third kappa shape index (κ3) is 3.29. The van der Waals surface area contributed by atoms with Crippen LogP contribution >= 0.6 is 35.6 Å². The molecule has 1 aliphatic rings. The number of hydrogen-bond acceptors (Lipinski definition) is 2. The van der Waals surface area contributed by atoms with E-state index in [1.807, 2.05) is 24.3 Å². The molecule has 21 heavy (non-hydrogen) atoms. The molecule has 3 rings (SSSR count). The molecule has 0 aliphatic carbocycles. The van der Waals surface area contributed by atoms with Crippen LogP contribution in [0.3, 0.4) is 0 Å². The number of rotatable bonds is 1. The molecular weight excluding hydrogens is 327 g/mol. The molecule has 1 aliphatic heterocycles. The van der Waals surface area contributed by atoms with Gasteiger partial charge in [-0.2, -0.15) is 0 Å². The Morgan fingerprint density at radius 2 is 1.81 bits per heavy atom. The molecular formula is C16H17Cl3N2. The van der Waals surface area contributed by atoms with Crippen LogP contribution in [0.1, 0.15) is 22.6 Å². The molecule has 0 aromatic heterocycles. The highest BCUT2D eigenvalue weighted by molar-refractivity contribution is 6.35. The zero-order valence-corrected chi connectivity index (χ0v) is 14.0. The second kappa shape index (κ2) is 6.45. The number of anilines is 1. The summed E-state index contributed by atoms with van der Waals surface area (Å²) in [5.41, 5.74) is 10.2. The monoisotopic (exact) mass is 342 g/mol. The molecule has 0 amide bonds. The predicted molar refractivity (Wildman–Crippen MR) is 92.7 cm³/mol. The molecule has 0 radical (unpaired) electrons. The van der Waals surface area contributed by atoms with Gasteiger partial charge in [0.25, 0.3) is 0 Å². The van der Waals surface area contributed by atoms with Crippen molar-refractivity contribution in [1.82, 2.24) is 4.90 Å². The van der Waals surface area contributed by atoms with Crippen molar-refractivity contribution in [2.45, 2.75) is 12.5 Å². The van der Waals surface area contributed by atoms with Crippen molar-refractivity contribution < 1.29 is 0 Å². The highest BCUT2D eigenvalue weighted by Gasteiger charge is 2.26. The van der Waals surface area contributed by atoms with Crippen molar-refractivity contribution in [3.05, 3.63) is 63.1 Å². The number of likely N-dealkylation sites (N-methyl/N-ethyl adjacent to an activating group) is 1. The molecule has 2 aromatic rings. The van der Waals surface area contributed by atoms with Crippen LogP contribution in [0, 0.1) is 0 Å². The van der Waals surface area contributed by atoms with Gasteiger partial charge in [-0.05, 0) is 48.0 Å². The number of nitrogens with zero attached hydrogens (tertiary/aromatic N) is 1. The first-order valence-corrected chi connectivity index (χ1v) is 7.32. The molecule has 1 unspecified atom stereocenters. The standard InChI is InChI=1S/C16H16Cl2N2.ClH/c1-20-8-14(10-2-4-12(19)5-3-10)13-6-11(17)7-16(18)15(13)9-20;/h2-7,14H,8-9,19H2,1H3;1H. The fraction of sp³-hybridized carbons (Fsp3) is 0.250. The molecule has 1 atom stereocenters. The summed E-state index contributed by atoms with van der Waals surface area (Å²) in [5, 5.41) is 1.44. The van der Waals surface area contributed by atoms with Gasteiger partial charge in [-0.25, -0.2) is 0 Å². The summed E-state index contributed by atoms with van der Waals surface area (Å²) in [7, 11) is 2.11. The second-order valence-electron chi connectivity index (χ2n) is 5.37. The van der Waals surface area contributed by atoms with Gasteiger partial charge in [0.1, 0.15) is 0 Å². The Bertz CT molecular complexity index is 641. The summed E-state index contributed by atoms with van der Waals surface area (Å²) in [6.45, 7) is 1.81. The summed E-state index contributed by atoms with van der Waals surface area (Å²) in [5.74, 6) is 0.278. The van der Waals surface area contributed by atoms with Gasteiger partial charge >= 0.3 is 0 Å². The first-order chi connectivity index (χ1) is 9.54. The smallest absolute Gasteiger partial charge is 0.0468 e. The van der Waals surface area contributed by atoms with Crippen LogP contribution in [0.15, 0.2) is 36.4 Å². The third-order valence-electron chi connectivity index (χ3n) is 3.83. The minimum absolute atomic E-state index is 0. The molecule has 2 aromatic carbocycles. The van der Waals surface area contributed by atoms with Crippen molar-refractivity contribution in [2.24, 2.45) is 0 Å². The van der Waals surface area contributed by atoms with Crippen LogP contribution in [-0.4, -0.2) is 18.5 Å². The average molecular weight is 344 g/mol. The SMILES string of the molecule is CN1Cc2c(Cl)cc(Cl)cc2C(c2ccc(N)cc2)C1.Cl. The Hall–Kier alpha value is -0.930. The van der Waals surface area contributed by atoms with Crippen LogP contribution in [-0.2, 0) is 6.54 Å². The number of benzene rings is 2. The summed E-state index contributed by atoms with van der Waals surface area (Å²) in [6, 6.07) is 11.9. The Labute approximate surface area is 141 Å². The highest BCUT2D eigenvalue weighted by Crippen LogP contribution is 2.38. The van der Waals surface area contributed by atoms with E-state index in [2.05, 4.69) is 24.1 Å². The first kappa shape index (κ1) is 16.4. The minimum atomic E-state index is 0. The number of fused-ring (bicyclic) bond motifs is 1. The second-order valence-corrected chi connectivity index (χ2v) is 6.22. The van der Waals surface area contributed by atoms with E-state index >= 15 is 0 Å². The highest BCUT2D eigenvalue weighted by atomic mass is 35.5. The van der Waals surface area contributed by atoms with Gasteiger partial charge in [-0.15, -0.1) is 12.4 Å². The quantitative estimate of drug-likeness (QED) is 0.768. The third-order valence-corrected chi connectivity index (χ3v) is 4.39. The lowest BCUT2D eigenvalue weighted by Gasteiger charge is -2.33. The van der Waals surface area contributed by atoms with Gasteiger partial charge in [0.15, 0.2) is 0 Å². The van der Waals surface area contributed by atoms with Crippen molar-refractivity contribution >= 4 is 41.3 Å². The number of hydrogen-bond donors (Lipinski definition) is 1. The van der Waals surface area contributed by atoms with E-state index in [1.54, 1.807) is 0 Å². The molecule has 0 saturated heterocycles. The Morgan fingerprint density at radius 3 is 2.48 bits per heavy atom. The molecule has 0 fully saturated rings. The Kier molecular flexibility index (Phi) is 5.05. The predicted octanol–water partition coefficient (Wildman–Crippen LogP) is 4.57. The molecule has 2 N–H and O–H groups in total. The molecule has 0 spiro atoms. The van der Waals surface area contributed by atoms with E-state index in [0.29, 0.717) is 5.02 Å². The van der Waals surface area contributed by atoms with E-state index in [0.717, 1.165) is 23.8 Å². The van der Waals surface area contributed by atoms with Gasteiger partial charge in [0.2, 0.25) is 0 Å². The molecule has 1 heterocycles. The van der Waals surface area contributed by atoms with Crippen molar-refractivity contribution in [2.75, 3.05) is 19.3 Å². The fourth-order valence-corrected chi connectivity index (χ4v) is 3.43. The van der Waals surface area contributed by atoms with E-state index in [9.17, 15) is 0 Å². The fourth-order valence-electron chi connectivity index (χ4n) is 2.86. The number of halogens is 3. The van der Waals surface area contributed by atoms with Crippen LogP contribution in [0.2, 0.25) is 10.0 Å². The first-order valence-electron chi connectivity index (χ1n) is 6.56. The van der Waals surface area contributed by atoms with Crippen LogP contribution in [0.5, 0.6) is 0 Å². The van der Waals surface area contributed by atoms with Crippen LogP contribution in [0.4, 0.5) is 5.69 Å². The Morgan fingerprint density at radius 1 is 1.14 bits per heavy atom.